The summed E-state index contributed by atoms with van der Waals surface area (Å²) < 4.78 is 12.7. The minimum absolute atomic E-state index is 0. The molecule has 0 aliphatic carbocycles. The molecule has 1 aliphatic heterocycles. The number of fused-ring (bicyclic) bond motifs is 1. The van der Waals surface area contributed by atoms with Crippen molar-refractivity contribution >= 4 is 28.3 Å². The fraction of sp³-hybridized carbons (Fsp3) is 0.333. The maximum Gasteiger partial charge on any atom is 0.134 e. The van der Waals surface area contributed by atoms with Gasteiger partial charge in [0.25, 0.3) is 0 Å². The Labute approximate surface area is 133 Å². The lowest BCUT2D eigenvalue weighted by Crippen LogP contribution is -2.18. The Balaban J connectivity index is 0.00000147. The van der Waals surface area contributed by atoms with Gasteiger partial charge >= 0.3 is 0 Å². The lowest BCUT2D eigenvalue weighted by molar-refractivity contribution is 0.181. The van der Waals surface area contributed by atoms with Crippen molar-refractivity contribution in [2.45, 2.75) is 19.1 Å². The first-order valence-corrected chi connectivity index (χ1v) is 7.19. The summed E-state index contributed by atoms with van der Waals surface area (Å²) in [5.41, 5.74) is 1.17. The fourth-order valence-electron chi connectivity index (χ4n) is 2.40. The Hall–Kier alpha value is -0.970. The van der Waals surface area contributed by atoms with Gasteiger partial charge in [-0.25, -0.2) is 0 Å². The first-order chi connectivity index (χ1) is 9.24. The molecule has 1 unspecified atom stereocenters. The molecule has 0 radical (unpaired) electrons. The largest absolute Gasteiger partial charge is 0.484 e. The molecule has 1 atom stereocenters. The van der Waals surface area contributed by atoms with Crippen LogP contribution in [-0.4, -0.2) is 18.5 Å². The van der Waals surface area contributed by atoms with E-state index in [-0.39, 0.29) is 18.5 Å². The molecule has 1 aromatic heterocycles. The van der Waals surface area contributed by atoms with Crippen molar-refractivity contribution in [2.75, 3.05) is 13.6 Å². The molecule has 108 valence electrons. The lowest BCUT2D eigenvalue weighted by Gasteiger charge is -2.18. The van der Waals surface area contributed by atoms with Crippen molar-refractivity contribution in [3.63, 3.8) is 0 Å². The summed E-state index contributed by atoms with van der Waals surface area (Å²) in [4.78, 5) is 2.26. The van der Waals surface area contributed by atoms with Crippen LogP contribution in [0.5, 0.6) is 5.75 Å². The van der Waals surface area contributed by atoms with E-state index in [1.807, 2.05) is 30.3 Å². The average Bonchev–Trinajstić information content (AvgIpc) is 2.79. The Morgan fingerprint density at radius 3 is 2.90 bits per heavy atom. The summed E-state index contributed by atoms with van der Waals surface area (Å²) in [6.45, 7) is 1.84. The highest BCUT2D eigenvalue weighted by atomic mass is 79.9. The number of nitrogens with zero attached hydrogens (tertiary/aromatic N) is 1. The summed E-state index contributed by atoms with van der Waals surface area (Å²) in [5, 5.41) is 0. The van der Waals surface area contributed by atoms with Gasteiger partial charge in [0.05, 0.1) is 17.3 Å². The lowest BCUT2D eigenvalue weighted by atomic mass is 10.1. The van der Waals surface area contributed by atoms with Crippen molar-refractivity contribution in [1.29, 1.82) is 0 Å². The van der Waals surface area contributed by atoms with Crippen LogP contribution in [0.2, 0.25) is 0 Å². The molecule has 1 aromatic carbocycles. The van der Waals surface area contributed by atoms with Crippen LogP contribution in [0.3, 0.4) is 0 Å². The molecule has 0 saturated heterocycles. The predicted octanol–water partition coefficient (Wildman–Crippen LogP) is 4.42. The first kappa shape index (κ1) is 15.4. The zero-order chi connectivity index (χ0) is 13.2. The molecule has 2 aromatic rings. The molecule has 0 fully saturated rings. The number of rotatable bonds is 2. The predicted molar refractivity (Wildman–Crippen MR) is 84.4 cm³/mol. The molecule has 0 amide bonds. The molecule has 5 heteroatoms. The van der Waals surface area contributed by atoms with E-state index in [0.717, 1.165) is 35.5 Å². The topological polar surface area (TPSA) is 25.6 Å². The van der Waals surface area contributed by atoms with E-state index in [2.05, 4.69) is 27.9 Å². The Morgan fingerprint density at radius 1 is 1.30 bits per heavy atom. The van der Waals surface area contributed by atoms with Crippen molar-refractivity contribution in [2.24, 2.45) is 0 Å². The summed E-state index contributed by atoms with van der Waals surface area (Å²) in [6.07, 6.45) is 2.77. The maximum absolute atomic E-state index is 6.17. The highest BCUT2D eigenvalue weighted by Gasteiger charge is 2.25. The molecule has 0 bridgehead atoms. The molecule has 2 heterocycles. The van der Waals surface area contributed by atoms with Gasteiger partial charge in [-0.1, -0.05) is 12.1 Å². The second-order valence-corrected chi connectivity index (χ2v) is 5.72. The number of benzene rings is 1. The molecule has 3 nitrogen and oxygen atoms in total. The third-order valence-corrected chi connectivity index (χ3v) is 4.07. The highest BCUT2D eigenvalue weighted by Crippen LogP contribution is 2.34. The Morgan fingerprint density at radius 2 is 2.10 bits per heavy atom. The molecule has 0 N–H and O–H groups in total. The van der Waals surface area contributed by atoms with Crippen molar-refractivity contribution in [3.05, 3.63) is 52.4 Å². The molecule has 20 heavy (non-hydrogen) atoms. The van der Waals surface area contributed by atoms with E-state index in [4.69, 9.17) is 9.15 Å². The standard InChI is InChI=1S/C15H16BrNO2.ClH/c1-17-8-6-13(11-7-9-18-15(11)10-17)19-14-5-3-2-4-12(14)16;/h2-5,7,9,13H,6,8,10H2,1H3;1H. The van der Waals surface area contributed by atoms with Gasteiger partial charge in [0.15, 0.2) is 0 Å². The third kappa shape index (κ3) is 3.19. The smallest absolute Gasteiger partial charge is 0.134 e. The van der Waals surface area contributed by atoms with Crippen LogP contribution in [0.15, 0.2) is 45.5 Å². The normalized spacial score (nSPS) is 18.8. The fourth-order valence-corrected chi connectivity index (χ4v) is 2.78. The maximum atomic E-state index is 6.17. The summed E-state index contributed by atoms with van der Waals surface area (Å²) in [6, 6.07) is 9.98. The second kappa shape index (κ2) is 6.66. The van der Waals surface area contributed by atoms with E-state index < -0.39 is 0 Å². The number of para-hydroxylation sites is 1. The van der Waals surface area contributed by atoms with Gasteiger partial charge in [-0.05, 0) is 41.2 Å². The van der Waals surface area contributed by atoms with Crippen LogP contribution in [-0.2, 0) is 6.54 Å². The molecule has 0 spiro atoms. The number of hydrogen-bond acceptors (Lipinski definition) is 3. The zero-order valence-corrected chi connectivity index (χ0v) is 13.6. The van der Waals surface area contributed by atoms with Gasteiger partial charge in [-0.3, -0.25) is 4.90 Å². The molecule has 1 aliphatic rings. The van der Waals surface area contributed by atoms with Gasteiger partial charge in [-0.2, -0.15) is 0 Å². The number of furan rings is 1. The quantitative estimate of drug-likeness (QED) is 0.794. The highest BCUT2D eigenvalue weighted by molar-refractivity contribution is 9.10. The van der Waals surface area contributed by atoms with Crippen LogP contribution in [0.4, 0.5) is 0 Å². The third-order valence-electron chi connectivity index (χ3n) is 3.42. The number of halogens is 2. The number of hydrogen-bond donors (Lipinski definition) is 0. The number of ether oxygens (including phenoxy) is 1. The van der Waals surface area contributed by atoms with E-state index in [9.17, 15) is 0 Å². The van der Waals surface area contributed by atoms with E-state index >= 15 is 0 Å². The van der Waals surface area contributed by atoms with Gasteiger partial charge in [0, 0.05) is 18.5 Å². The molecular formula is C15H17BrClNO2. The Kier molecular flexibility index (Phi) is 5.13. The van der Waals surface area contributed by atoms with E-state index in [1.54, 1.807) is 6.26 Å². The minimum atomic E-state index is 0. The molecule has 0 saturated carbocycles. The SMILES string of the molecule is CN1CCC(Oc2ccccc2Br)c2ccoc2C1.Cl. The summed E-state index contributed by atoms with van der Waals surface area (Å²) in [7, 11) is 2.10. The van der Waals surface area contributed by atoms with Crippen LogP contribution >= 0.6 is 28.3 Å². The summed E-state index contributed by atoms with van der Waals surface area (Å²) >= 11 is 3.53. The van der Waals surface area contributed by atoms with Crippen LogP contribution in [0, 0.1) is 0 Å². The van der Waals surface area contributed by atoms with Crippen molar-refractivity contribution in [3.8, 4) is 5.75 Å². The molecule has 3 rings (SSSR count). The van der Waals surface area contributed by atoms with Gasteiger partial charge in [0.1, 0.15) is 17.6 Å². The van der Waals surface area contributed by atoms with Crippen molar-refractivity contribution < 1.29 is 9.15 Å². The minimum Gasteiger partial charge on any atom is -0.484 e. The van der Waals surface area contributed by atoms with Crippen molar-refractivity contribution in [1.82, 2.24) is 4.90 Å². The molecular weight excluding hydrogens is 342 g/mol. The second-order valence-electron chi connectivity index (χ2n) is 4.86. The van der Waals surface area contributed by atoms with Gasteiger partial charge in [0.2, 0.25) is 0 Å². The average molecular weight is 359 g/mol. The summed E-state index contributed by atoms with van der Waals surface area (Å²) in [5.74, 6) is 1.89. The zero-order valence-electron chi connectivity index (χ0n) is 11.2. The Bertz CT molecular complexity index is 573. The van der Waals surface area contributed by atoms with Crippen LogP contribution in [0.1, 0.15) is 23.8 Å². The van der Waals surface area contributed by atoms with E-state index in [1.165, 1.54) is 5.56 Å². The van der Waals surface area contributed by atoms with Gasteiger partial charge < -0.3 is 9.15 Å². The van der Waals surface area contributed by atoms with Crippen LogP contribution in [0.25, 0.3) is 0 Å². The van der Waals surface area contributed by atoms with Crippen LogP contribution < -0.4 is 4.74 Å². The first-order valence-electron chi connectivity index (χ1n) is 6.40. The monoisotopic (exact) mass is 357 g/mol. The van der Waals surface area contributed by atoms with E-state index in [0.29, 0.717) is 0 Å². The van der Waals surface area contributed by atoms with Gasteiger partial charge in [-0.15, -0.1) is 12.4 Å².